The Balaban J connectivity index is 0.000000105. The van der Waals surface area contributed by atoms with Gasteiger partial charge in [0.25, 0.3) is 0 Å². The molecule has 29 rings (SSSR count). The Labute approximate surface area is 796 Å². The summed E-state index contributed by atoms with van der Waals surface area (Å²) in [5.41, 5.74) is 33.8. The zero-order valence-electron chi connectivity index (χ0n) is 75.3. The van der Waals surface area contributed by atoms with Gasteiger partial charge >= 0.3 is 0 Å². The van der Waals surface area contributed by atoms with E-state index in [-0.39, 0.29) is 0 Å². The molecule has 0 aliphatic rings. The van der Waals surface area contributed by atoms with Crippen LogP contribution in [0.4, 0.5) is 0 Å². The molecule has 0 radical (unpaired) electrons. The lowest BCUT2D eigenvalue weighted by atomic mass is 9.98. The third-order valence-electron chi connectivity index (χ3n) is 28.5. The summed E-state index contributed by atoms with van der Waals surface area (Å²) in [6, 6.07) is 190. The number of benzene rings is 23. The second-order valence-corrected chi connectivity index (χ2v) is 36.2. The molecule has 0 fully saturated rings. The molecule has 6 heteroatoms. The Morgan fingerprint density at radius 1 is 0.0942 bits per heavy atom. The molecule has 29 aromatic rings. The summed E-state index contributed by atoms with van der Waals surface area (Å²) in [5.74, 6) is 0. The van der Waals surface area contributed by atoms with Crippen LogP contribution in [0.25, 0.3) is 253 Å². The molecule has 0 spiro atoms. The van der Waals surface area contributed by atoms with Crippen molar-refractivity contribution in [2.24, 2.45) is 0 Å². The van der Waals surface area contributed by atoms with Crippen molar-refractivity contribution in [3.05, 3.63) is 522 Å². The van der Waals surface area contributed by atoms with E-state index in [0.717, 1.165) is 11.4 Å². The maximum atomic E-state index is 2.41. The number of rotatable bonds is 11. The Morgan fingerprint density at radius 3 is 0.514 bits per heavy atom. The summed E-state index contributed by atoms with van der Waals surface area (Å²) in [4.78, 5) is 0. The van der Waals surface area contributed by atoms with Crippen LogP contribution in [0.15, 0.2) is 522 Å². The van der Waals surface area contributed by atoms with Crippen LogP contribution < -0.4 is 0 Å². The summed E-state index contributed by atoms with van der Waals surface area (Å²) in [6.45, 7) is 0. The topological polar surface area (TPSA) is 29.6 Å². The van der Waals surface area contributed by atoms with Crippen molar-refractivity contribution in [1.29, 1.82) is 0 Å². The molecule has 0 bridgehead atoms. The number of nitrogens with zero attached hydrogens (tertiary/aromatic N) is 6. The molecule has 6 aromatic heterocycles. The highest BCUT2D eigenvalue weighted by molar-refractivity contribution is 6.26. The highest BCUT2D eigenvalue weighted by Crippen LogP contribution is 2.48. The fourth-order valence-corrected chi connectivity index (χ4v) is 22.2. The van der Waals surface area contributed by atoms with Crippen LogP contribution in [-0.4, -0.2) is 27.4 Å². The number of para-hydroxylation sites is 7. The van der Waals surface area contributed by atoms with Crippen molar-refractivity contribution in [3.63, 3.8) is 0 Å². The summed E-state index contributed by atoms with van der Waals surface area (Å²) in [7, 11) is 0. The van der Waals surface area contributed by atoms with Gasteiger partial charge in [0.1, 0.15) is 0 Å². The first kappa shape index (κ1) is 79.4. The van der Waals surface area contributed by atoms with E-state index < -0.39 is 0 Å². The van der Waals surface area contributed by atoms with Crippen molar-refractivity contribution in [3.8, 4) is 89.8 Å². The Hall–Kier alpha value is -18.4. The van der Waals surface area contributed by atoms with Crippen molar-refractivity contribution < 1.29 is 0 Å². The average Bonchev–Trinajstić information content (AvgIpc) is 1.57. The van der Waals surface area contributed by atoms with Gasteiger partial charge in [0.2, 0.25) is 0 Å². The lowest BCUT2D eigenvalue weighted by Gasteiger charge is -2.09. The highest BCUT2D eigenvalue weighted by atomic mass is 15.0. The van der Waals surface area contributed by atoms with E-state index in [1.165, 1.54) is 242 Å². The number of aromatic nitrogens is 6. The van der Waals surface area contributed by atoms with E-state index in [1.54, 1.807) is 0 Å². The summed E-state index contributed by atoms with van der Waals surface area (Å²) in [6.07, 6.45) is 0. The number of fused-ring (bicyclic) bond motifs is 24. The zero-order valence-corrected chi connectivity index (χ0v) is 75.3. The normalized spacial score (nSPS) is 11.8. The SMILES string of the molecule is c1ccc(-c2ccc3c(c2)c2cc(-c4ccc5c(c4)c4cc(-c6ccccc6)ccc4n5-c4ccccc4)ccc2n3-c2ccccc2)cc1.c1ccc(-n2c3ccc(-c4ccc5c(c4)c4c6ccccc6ccc4n5-c4ccccc4)cc3c3c4ccccc4ccc32)cc1.c1ccc(-n2c3ccccc3c3cc(-c4ccc5c(c4)c4c6ccccc6ccc4n5-c4ccccc4)ccc32)cc1. The molecular formula is C132H86N6. The second kappa shape index (κ2) is 32.8. The van der Waals surface area contributed by atoms with Crippen LogP contribution in [0, 0.1) is 0 Å². The largest absolute Gasteiger partial charge is 0.309 e. The van der Waals surface area contributed by atoms with Gasteiger partial charge in [-0.05, 0) is 282 Å². The fourth-order valence-electron chi connectivity index (χ4n) is 22.2. The number of hydrogen-bond donors (Lipinski definition) is 0. The molecule has 0 saturated carbocycles. The molecule has 6 heterocycles. The first-order chi connectivity index (χ1) is 68.5. The first-order valence-corrected chi connectivity index (χ1v) is 47.5. The molecule has 138 heavy (non-hydrogen) atoms. The Kier molecular flexibility index (Phi) is 18.9. The van der Waals surface area contributed by atoms with Gasteiger partial charge in [-0.15, -0.1) is 0 Å². The molecule has 0 atom stereocenters. The summed E-state index contributed by atoms with van der Waals surface area (Å²) in [5, 5.41) is 22.9. The highest BCUT2D eigenvalue weighted by Gasteiger charge is 2.25. The molecule has 0 aliphatic carbocycles. The van der Waals surface area contributed by atoms with E-state index in [9.17, 15) is 0 Å². The monoisotopic (exact) mass is 1750 g/mol. The van der Waals surface area contributed by atoms with Crippen LogP contribution in [0.5, 0.6) is 0 Å². The lowest BCUT2D eigenvalue weighted by Crippen LogP contribution is -1.93. The van der Waals surface area contributed by atoms with Crippen LogP contribution in [-0.2, 0) is 0 Å². The maximum absolute atomic E-state index is 2.41. The third-order valence-corrected chi connectivity index (χ3v) is 28.5. The van der Waals surface area contributed by atoms with E-state index in [0.29, 0.717) is 0 Å². The average molecular weight is 1760 g/mol. The van der Waals surface area contributed by atoms with Gasteiger partial charge in [-0.25, -0.2) is 0 Å². The molecule has 644 valence electrons. The summed E-state index contributed by atoms with van der Waals surface area (Å²) >= 11 is 0. The smallest absolute Gasteiger partial charge is 0.0547 e. The second-order valence-electron chi connectivity index (χ2n) is 36.2. The molecule has 6 nitrogen and oxygen atoms in total. The minimum Gasteiger partial charge on any atom is -0.309 e. The van der Waals surface area contributed by atoms with Gasteiger partial charge in [-0.3, -0.25) is 0 Å². The molecule has 23 aromatic carbocycles. The van der Waals surface area contributed by atoms with Gasteiger partial charge < -0.3 is 27.4 Å². The minimum absolute atomic E-state index is 1.16. The molecular weight excluding hydrogens is 1670 g/mol. The molecule has 0 N–H and O–H groups in total. The maximum Gasteiger partial charge on any atom is 0.0547 e. The molecule has 0 aliphatic heterocycles. The van der Waals surface area contributed by atoms with E-state index >= 15 is 0 Å². The number of hydrogen-bond acceptors (Lipinski definition) is 0. The van der Waals surface area contributed by atoms with Gasteiger partial charge in [0, 0.05) is 98.8 Å². The standard InChI is InChI=1S/C48H32N2.C44H28N2.C40H26N2/c1-5-13-33(14-6-1)35-21-25-45-41(29-35)43-31-37(23-27-47(43)49(45)39-17-9-3-10-18-39)38-24-28-48-44(32-38)42-30-36(34-15-7-2-8-16-34)22-26-46(42)50(48)40-19-11-4-12-20-40;1-3-13-33(14-4-1)45-39-23-21-31(27-37(39)43-35-17-9-7-11-29(35)19-25-41(43)45)32-22-24-40-38(28-32)44-36-18-10-8-12-30(36)20-26-42(44)46(40)34-15-5-2-6-16-34;1-3-12-30(13-4-1)41-36-18-10-9-17-33(36)34-25-28(20-22-37(34)41)29-21-23-38-35(26-29)40-32-16-8-7-11-27(32)19-24-39(40)42(38)31-14-5-2-6-15-31/h1-32H;1-28H;1-26H. The van der Waals surface area contributed by atoms with Crippen molar-refractivity contribution in [2.45, 2.75) is 0 Å². The Morgan fingerprint density at radius 2 is 0.261 bits per heavy atom. The van der Waals surface area contributed by atoms with Crippen LogP contribution in [0.3, 0.4) is 0 Å². The van der Waals surface area contributed by atoms with Crippen molar-refractivity contribution >= 4 is 163 Å². The quantitative estimate of drug-likeness (QED) is 0.124. The van der Waals surface area contributed by atoms with Gasteiger partial charge in [-0.2, -0.15) is 0 Å². The predicted molar refractivity (Wildman–Crippen MR) is 585 cm³/mol. The van der Waals surface area contributed by atoms with Crippen LogP contribution in [0.1, 0.15) is 0 Å². The van der Waals surface area contributed by atoms with E-state index in [4.69, 9.17) is 0 Å². The van der Waals surface area contributed by atoms with Crippen molar-refractivity contribution in [2.75, 3.05) is 0 Å². The molecule has 0 amide bonds. The van der Waals surface area contributed by atoms with Gasteiger partial charge in [-0.1, -0.05) is 328 Å². The van der Waals surface area contributed by atoms with Crippen LogP contribution in [0.2, 0.25) is 0 Å². The van der Waals surface area contributed by atoms with E-state index in [1.807, 2.05) is 0 Å². The molecule has 0 unspecified atom stereocenters. The van der Waals surface area contributed by atoms with Crippen molar-refractivity contribution in [1.82, 2.24) is 27.4 Å². The minimum atomic E-state index is 1.16. The first-order valence-electron chi connectivity index (χ1n) is 47.5. The van der Waals surface area contributed by atoms with Gasteiger partial charge in [0.05, 0.1) is 66.2 Å². The lowest BCUT2D eigenvalue weighted by molar-refractivity contribution is 1.18. The Bertz CT molecular complexity index is 9460. The summed E-state index contributed by atoms with van der Waals surface area (Å²) < 4.78 is 14.4. The van der Waals surface area contributed by atoms with Gasteiger partial charge in [0.15, 0.2) is 0 Å². The fraction of sp³-hybridized carbons (Fsp3) is 0. The predicted octanol–water partition coefficient (Wildman–Crippen LogP) is 35.4. The van der Waals surface area contributed by atoms with Crippen LogP contribution >= 0.6 is 0 Å². The molecule has 0 saturated heterocycles. The third kappa shape index (κ3) is 13.2. The van der Waals surface area contributed by atoms with E-state index in [2.05, 4.69) is 549 Å². The zero-order chi connectivity index (χ0) is 90.8.